The Kier molecular flexibility index (Phi) is 9.46. The lowest BCUT2D eigenvalue weighted by Crippen LogP contribution is -2.55. The summed E-state index contributed by atoms with van der Waals surface area (Å²) in [6.45, 7) is 9.71. The van der Waals surface area contributed by atoms with Gasteiger partial charge in [-0.15, -0.1) is 0 Å². The molecule has 0 saturated carbocycles. The number of hydrogen-bond donors (Lipinski definition) is 1. The highest BCUT2D eigenvalue weighted by Gasteiger charge is 2.34. The fraction of sp³-hybridized carbons (Fsp3) is 0.273. The summed E-state index contributed by atoms with van der Waals surface area (Å²) >= 11 is 19.2. The first kappa shape index (κ1) is 33.7. The van der Waals surface area contributed by atoms with Crippen LogP contribution in [-0.2, 0) is 4.79 Å². The van der Waals surface area contributed by atoms with Crippen LogP contribution >= 0.6 is 34.8 Å². The van der Waals surface area contributed by atoms with Crippen LogP contribution in [0.15, 0.2) is 41.8 Å². The van der Waals surface area contributed by atoms with Crippen molar-refractivity contribution in [2.45, 2.75) is 39.2 Å². The third-order valence-corrected chi connectivity index (χ3v) is 9.02. The third-order valence-electron chi connectivity index (χ3n) is 8.14. The van der Waals surface area contributed by atoms with Crippen LogP contribution in [0, 0.1) is 35.4 Å². The molecule has 5 rings (SSSR count). The van der Waals surface area contributed by atoms with Gasteiger partial charge in [-0.2, -0.15) is 10.5 Å². The molecular formula is C33H28Cl3FN8O2. The zero-order chi connectivity index (χ0) is 34.3. The maximum atomic E-state index is 15.6. The third kappa shape index (κ3) is 5.76. The largest absolute Gasteiger partial charge is 0.397 e. The number of anilines is 2. The minimum absolute atomic E-state index is 0.00315. The van der Waals surface area contributed by atoms with Crippen LogP contribution in [0.2, 0.25) is 15.1 Å². The van der Waals surface area contributed by atoms with Crippen LogP contribution < -0.4 is 16.2 Å². The number of aryl methyl sites for hydroxylation is 1. The summed E-state index contributed by atoms with van der Waals surface area (Å²) in [7, 11) is 0. The maximum absolute atomic E-state index is 15.6. The molecule has 1 atom stereocenters. The van der Waals surface area contributed by atoms with E-state index >= 15 is 4.39 Å². The van der Waals surface area contributed by atoms with E-state index in [0.717, 1.165) is 0 Å². The number of amides is 1. The van der Waals surface area contributed by atoms with Gasteiger partial charge in [0.25, 0.3) is 5.56 Å². The lowest BCUT2D eigenvalue weighted by molar-refractivity contribution is -0.128. The number of nitrogens with zero attached hydrogens (tertiary/aromatic N) is 7. The fourth-order valence-corrected chi connectivity index (χ4v) is 6.66. The first-order valence-electron chi connectivity index (χ1n) is 14.5. The number of hydrogen-bond acceptors (Lipinski definition) is 8. The van der Waals surface area contributed by atoms with Gasteiger partial charge in [0.15, 0.2) is 5.82 Å². The quantitative estimate of drug-likeness (QED) is 0.136. The van der Waals surface area contributed by atoms with Crippen molar-refractivity contribution in [1.82, 2.24) is 19.4 Å². The highest BCUT2D eigenvalue weighted by molar-refractivity contribution is 6.38. The summed E-state index contributed by atoms with van der Waals surface area (Å²) < 4.78 is 16.9. The lowest BCUT2D eigenvalue weighted by atomic mass is 10.0. The number of halogens is 4. The second-order valence-electron chi connectivity index (χ2n) is 11.3. The van der Waals surface area contributed by atoms with E-state index < -0.39 is 17.4 Å². The Morgan fingerprint density at radius 3 is 2.55 bits per heavy atom. The number of piperazine rings is 1. The molecule has 1 aliphatic heterocycles. The number of rotatable bonds is 6. The minimum atomic E-state index is -0.909. The van der Waals surface area contributed by atoms with Gasteiger partial charge in [0.2, 0.25) is 5.91 Å². The van der Waals surface area contributed by atoms with Crippen molar-refractivity contribution in [3.63, 3.8) is 0 Å². The van der Waals surface area contributed by atoms with E-state index in [1.54, 1.807) is 24.1 Å². The summed E-state index contributed by atoms with van der Waals surface area (Å²) in [6, 6.07) is 8.00. The van der Waals surface area contributed by atoms with Gasteiger partial charge in [0, 0.05) is 31.2 Å². The molecule has 1 amide bonds. The molecule has 240 valence electrons. The molecular weight excluding hydrogens is 666 g/mol. The van der Waals surface area contributed by atoms with E-state index in [1.807, 2.05) is 13.8 Å². The number of pyridine rings is 3. The molecule has 0 spiro atoms. The molecule has 1 saturated heterocycles. The number of nitriles is 2. The van der Waals surface area contributed by atoms with Crippen LogP contribution in [0.25, 0.3) is 28.0 Å². The summed E-state index contributed by atoms with van der Waals surface area (Å²) in [5.74, 6) is -1.40. The Morgan fingerprint density at radius 2 is 1.91 bits per heavy atom. The van der Waals surface area contributed by atoms with Crippen molar-refractivity contribution in [1.29, 1.82) is 10.5 Å². The molecule has 1 aromatic carbocycles. The Balaban J connectivity index is 1.93. The molecule has 1 unspecified atom stereocenters. The number of nitrogens with two attached hydrogens (primary N) is 1. The zero-order valence-electron chi connectivity index (χ0n) is 25.6. The molecule has 2 N–H and O–H groups in total. The van der Waals surface area contributed by atoms with Crippen LogP contribution in [0.1, 0.15) is 43.0 Å². The molecule has 4 aromatic rings. The highest BCUT2D eigenvalue weighted by atomic mass is 35.5. The predicted octanol–water partition coefficient (Wildman–Crippen LogP) is 6.55. The van der Waals surface area contributed by atoms with Gasteiger partial charge in [0.1, 0.15) is 17.3 Å². The van der Waals surface area contributed by atoms with Crippen LogP contribution in [0.3, 0.4) is 0 Å². The smallest absolute Gasteiger partial charge is 0.276 e. The number of aromatic nitrogens is 3. The molecule has 47 heavy (non-hydrogen) atoms. The van der Waals surface area contributed by atoms with Gasteiger partial charge < -0.3 is 15.5 Å². The maximum Gasteiger partial charge on any atom is 0.276 e. The van der Waals surface area contributed by atoms with E-state index in [9.17, 15) is 20.1 Å². The monoisotopic (exact) mass is 692 g/mol. The Bertz CT molecular complexity index is 2090. The summed E-state index contributed by atoms with van der Waals surface area (Å²) in [6.07, 6.45) is 2.80. The van der Waals surface area contributed by atoms with Crippen LogP contribution in [-0.4, -0.2) is 51.0 Å². The fourth-order valence-electron chi connectivity index (χ4n) is 5.95. The van der Waals surface area contributed by atoms with Crippen LogP contribution in [0.5, 0.6) is 0 Å². The summed E-state index contributed by atoms with van der Waals surface area (Å²) in [4.78, 5) is 39.8. The highest BCUT2D eigenvalue weighted by Crippen LogP contribution is 2.43. The molecule has 1 fully saturated rings. The van der Waals surface area contributed by atoms with Crippen molar-refractivity contribution < 1.29 is 9.18 Å². The average Bonchev–Trinajstić information content (AvgIpc) is 3.04. The molecule has 0 radical (unpaired) electrons. The molecule has 10 nitrogen and oxygen atoms in total. The molecule has 0 aliphatic carbocycles. The molecule has 3 aromatic heterocycles. The summed E-state index contributed by atoms with van der Waals surface area (Å²) in [5, 5.41) is 20.0. The van der Waals surface area contributed by atoms with Crippen molar-refractivity contribution >= 4 is 63.1 Å². The normalized spacial score (nSPS) is 14.7. The number of benzene rings is 1. The van der Waals surface area contributed by atoms with Gasteiger partial charge in [-0.25, -0.2) is 9.37 Å². The Morgan fingerprint density at radius 1 is 1.19 bits per heavy atom. The molecule has 14 heteroatoms. The van der Waals surface area contributed by atoms with Crippen molar-refractivity contribution in [2.24, 2.45) is 0 Å². The lowest BCUT2D eigenvalue weighted by Gasteiger charge is -2.42. The number of carbonyl (C=O) groups excluding carboxylic acids is 1. The molecule has 0 bridgehead atoms. The summed E-state index contributed by atoms with van der Waals surface area (Å²) in [5.41, 5.74) is 6.66. The predicted molar refractivity (Wildman–Crippen MR) is 182 cm³/mol. The molecule has 4 heterocycles. The average molecular weight is 694 g/mol. The van der Waals surface area contributed by atoms with E-state index in [-0.39, 0.29) is 86.8 Å². The van der Waals surface area contributed by atoms with Gasteiger partial charge in [0.05, 0.1) is 67.6 Å². The SMILES string of the molecule is C=CC(=O)N1CCN(c2c(C#N)c(=O)n(-c3c(C)ccnc3C(C)C)c3nc(-c4c(N)c(Cl)cc(Cl)c4F)c(Cl)cc23)CC1CC#N. The number of carbonyl (C=O) groups is 1. The van der Waals surface area contributed by atoms with E-state index in [0.29, 0.717) is 22.3 Å². The Hall–Kier alpha value is -4.68. The van der Waals surface area contributed by atoms with E-state index in [1.165, 1.54) is 27.7 Å². The van der Waals surface area contributed by atoms with Crippen LogP contribution in [0.4, 0.5) is 15.8 Å². The van der Waals surface area contributed by atoms with E-state index in [4.69, 9.17) is 45.5 Å². The van der Waals surface area contributed by atoms with Gasteiger partial charge in [-0.1, -0.05) is 55.2 Å². The Labute approximate surface area is 285 Å². The second-order valence-corrected chi connectivity index (χ2v) is 12.5. The zero-order valence-corrected chi connectivity index (χ0v) is 27.9. The van der Waals surface area contributed by atoms with E-state index in [2.05, 4.69) is 23.7 Å². The van der Waals surface area contributed by atoms with Crippen molar-refractivity contribution in [3.05, 3.63) is 85.1 Å². The standard InChI is InChI=1S/C33H28Cl3FN8O2/c1-5-24(46)44-11-10-43(15-18(44)6-8-38)31-19-12-23(36)29(25-26(37)21(34)13-22(35)27(25)40)42-32(19)45(33(47)20(31)14-39)30-17(4)7-9-41-28(30)16(2)3/h5,7,9,12-13,16,18H,1,6,10-11,15,40H2,2-4H3. The first-order valence-corrected chi connectivity index (χ1v) is 15.6. The second kappa shape index (κ2) is 13.2. The first-order chi connectivity index (χ1) is 22.4. The van der Waals surface area contributed by atoms with Gasteiger partial charge in [-0.05, 0) is 42.7 Å². The van der Waals surface area contributed by atoms with Crippen molar-refractivity contribution in [3.8, 4) is 29.1 Å². The number of fused-ring (bicyclic) bond motifs is 1. The van der Waals surface area contributed by atoms with Gasteiger partial charge in [-0.3, -0.25) is 19.1 Å². The molecule has 1 aliphatic rings. The number of nitrogen functional groups attached to an aromatic ring is 1. The minimum Gasteiger partial charge on any atom is -0.397 e. The van der Waals surface area contributed by atoms with Crippen molar-refractivity contribution in [2.75, 3.05) is 30.3 Å². The topological polar surface area (TPSA) is 145 Å². The van der Waals surface area contributed by atoms with Gasteiger partial charge >= 0.3 is 0 Å².